The Morgan fingerprint density at radius 2 is 1.81 bits per heavy atom. The monoisotopic (exact) mass is 408 g/mol. The van der Waals surface area contributed by atoms with Gasteiger partial charge in [0.25, 0.3) is 0 Å². The Kier molecular flexibility index (Phi) is 6.89. The van der Waals surface area contributed by atoms with Gasteiger partial charge in [-0.3, -0.25) is 9.10 Å². The maximum Gasteiger partial charge on any atom is 0.244 e. The predicted molar refractivity (Wildman–Crippen MR) is 111 cm³/mol. The molecular formula is C20H25ClN2O3S. The molecule has 2 aromatic rings. The number of halogens is 1. The zero-order chi connectivity index (χ0) is 20.2. The number of carbonyl (C=O) groups is 1. The third-order valence-corrected chi connectivity index (χ3v) is 5.85. The topological polar surface area (TPSA) is 66.5 Å². The van der Waals surface area contributed by atoms with E-state index in [2.05, 4.69) is 5.32 Å². The van der Waals surface area contributed by atoms with E-state index in [0.29, 0.717) is 23.7 Å². The molecule has 5 nitrogen and oxygen atoms in total. The van der Waals surface area contributed by atoms with Crippen LogP contribution in [0.5, 0.6) is 0 Å². The number of anilines is 1. The fourth-order valence-corrected chi connectivity index (χ4v) is 4.39. The summed E-state index contributed by atoms with van der Waals surface area (Å²) in [6.07, 6.45) is 1.43. The predicted octanol–water partition coefficient (Wildman–Crippen LogP) is 3.82. The lowest BCUT2D eigenvalue weighted by Crippen LogP contribution is -2.49. The van der Waals surface area contributed by atoms with E-state index >= 15 is 0 Å². The SMILES string of the molecule is CC[C@H](C(=O)NCc1ccccc1C)N(c1cc(Cl)ccc1C)S(C)(=O)=O. The van der Waals surface area contributed by atoms with Crippen LogP contribution >= 0.6 is 11.6 Å². The highest BCUT2D eigenvalue weighted by Crippen LogP contribution is 2.29. The van der Waals surface area contributed by atoms with Crippen LogP contribution in [-0.2, 0) is 21.4 Å². The number of amides is 1. The minimum absolute atomic E-state index is 0.332. The number of sulfonamides is 1. The molecule has 0 aliphatic carbocycles. The van der Waals surface area contributed by atoms with E-state index in [-0.39, 0.29) is 5.91 Å². The Morgan fingerprint density at radius 1 is 1.15 bits per heavy atom. The van der Waals surface area contributed by atoms with Crippen molar-refractivity contribution < 1.29 is 13.2 Å². The molecule has 27 heavy (non-hydrogen) atoms. The summed E-state index contributed by atoms with van der Waals surface area (Å²) in [6.45, 7) is 5.89. The summed E-state index contributed by atoms with van der Waals surface area (Å²) < 4.78 is 26.2. The highest BCUT2D eigenvalue weighted by molar-refractivity contribution is 7.92. The van der Waals surface area contributed by atoms with E-state index in [0.717, 1.165) is 22.9 Å². The van der Waals surface area contributed by atoms with Gasteiger partial charge in [0, 0.05) is 11.6 Å². The Morgan fingerprint density at radius 3 is 2.41 bits per heavy atom. The summed E-state index contributed by atoms with van der Waals surface area (Å²) in [5.41, 5.74) is 3.21. The number of benzene rings is 2. The molecule has 2 aromatic carbocycles. The van der Waals surface area contributed by atoms with Crippen molar-refractivity contribution in [1.82, 2.24) is 5.32 Å². The van der Waals surface area contributed by atoms with Gasteiger partial charge in [-0.15, -0.1) is 0 Å². The van der Waals surface area contributed by atoms with E-state index in [9.17, 15) is 13.2 Å². The van der Waals surface area contributed by atoms with Crippen LogP contribution in [0.2, 0.25) is 5.02 Å². The van der Waals surface area contributed by atoms with Crippen molar-refractivity contribution >= 4 is 33.2 Å². The molecular weight excluding hydrogens is 384 g/mol. The Balaban J connectivity index is 2.33. The number of nitrogens with zero attached hydrogens (tertiary/aromatic N) is 1. The van der Waals surface area contributed by atoms with E-state index < -0.39 is 16.1 Å². The molecule has 0 fully saturated rings. The largest absolute Gasteiger partial charge is 0.350 e. The molecule has 0 saturated heterocycles. The summed E-state index contributed by atoms with van der Waals surface area (Å²) in [5, 5.41) is 3.29. The second-order valence-electron chi connectivity index (χ2n) is 6.56. The molecule has 0 aliphatic heterocycles. The van der Waals surface area contributed by atoms with E-state index in [1.807, 2.05) is 31.2 Å². The molecule has 146 valence electrons. The van der Waals surface area contributed by atoms with E-state index in [1.54, 1.807) is 32.0 Å². The van der Waals surface area contributed by atoms with Gasteiger partial charge in [-0.1, -0.05) is 48.9 Å². The Bertz CT molecular complexity index is 929. The number of aryl methyl sites for hydroxylation is 2. The van der Waals surface area contributed by atoms with Crippen molar-refractivity contribution in [1.29, 1.82) is 0 Å². The molecule has 2 rings (SSSR count). The smallest absolute Gasteiger partial charge is 0.244 e. The van der Waals surface area contributed by atoms with Gasteiger partial charge in [-0.05, 0) is 49.1 Å². The molecule has 1 amide bonds. The first-order valence-electron chi connectivity index (χ1n) is 8.73. The van der Waals surface area contributed by atoms with Crippen LogP contribution in [0.4, 0.5) is 5.69 Å². The molecule has 1 N–H and O–H groups in total. The third kappa shape index (κ3) is 5.23. The van der Waals surface area contributed by atoms with Crippen molar-refractivity contribution in [3.8, 4) is 0 Å². The first-order valence-corrected chi connectivity index (χ1v) is 11.0. The summed E-state index contributed by atoms with van der Waals surface area (Å²) in [4.78, 5) is 12.9. The molecule has 0 bridgehead atoms. The number of hydrogen-bond acceptors (Lipinski definition) is 3. The van der Waals surface area contributed by atoms with E-state index in [1.165, 1.54) is 4.31 Å². The summed E-state index contributed by atoms with van der Waals surface area (Å²) in [5.74, 6) is -0.342. The zero-order valence-electron chi connectivity index (χ0n) is 16.0. The van der Waals surface area contributed by atoms with Gasteiger partial charge in [-0.2, -0.15) is 0 Å². The average molecular weight is 409 g/mol. The molecule has 7 heteroatoms. The molecule has 0 saturated carbocycles. The Hall–Kier alpha value is -2.05. The third-order valence-electron chi connectivity index (χ3n) is 4.45. The maximum absolute atomic E-state index is 12.9. The summed E-state index contributed by atoms with van der Waals surface area (Å²) in [6, 6.07) is 11.9. The highest BCUT2D eigenvalue weighted by Gasteiger charge is 2.32. The van der Waals surface area contributed by atoms with Crippen LogP contribution in [-0.4, -0.2) is 26.6 Å². The van der Waals surface area contributed by atoms with Crippen molar-refractivity contribution in [2.75, 3.05) is 10.6 Å². The first kappa shape index (κ1) is 21.3. The molecule has 0 unspecified atom stereocenters. The number of hydrogen-bond donors (Lipinski definition) is 1. The van der Waals surface area contributed by atoms with Gasteiger partial charge < -0.3 is 5.32 Å². The van der Waals surface area contributed by atoms with Gasteiger partial charge in [0.2, 0.25) is 15.9 Å². The second-order valence-corrected chi connectivity index (χ2v) is 8.85. The average Bonchev–Trinajstić information content (AvgIpc) is 2.60. The lowest BCUT2D eigenvalue weighted by atomic mass is 10.1. The molecule has 0 radical (unpaired) electrons. The van der Waals surface area contributed by atoms with Crippen LogP contribution in [0.3, 0.4) is 0 Å². The highest BCUT2D eigenvalue weighted by atomic mass is 35.5. The van der Waals surface area contributed by atoms with Gasteiger partial charge >= 0.3 is 0 Å². The fraction of sp³-hybridized carbons (Fsp3) is 0.350. The quantitative estimate of drug-likeness (QED) is 0.757. The number of carbonyl (C=O) groups excluding carboxylic acids is 1. The number of rotatable bonds is 7. The first-order chi connectivity index (χ1) is 12.6. The lowest BCUT2D eigenvalue weighted by Gasteiger charge is -2.31. The molecule has 0 spiro atoms. The molecule has 0 aliphatic rings. The van der Waals surface area contributed by atoms with Gasteiger partial charge in [0.05, 0.1) is 11.9 Å². The van der Waals surface area contributed by atoms with Crippen molar-refractivity contribution in [3.63, 3.8) is 0 Å². The summed E-state index contributed by atoms with van der Waals surface area (Å²) in [7, 11) is -3.69. The van der Waals surface area contributed by atoms with Crippen LogP contribution in [0.15, 0.2) is 42.5 Å². The van der Waals surface area contributed by atoms with Crippen LogP contribution in [0.1, 0.15) is 30.0 Å². The molecule has 1 atom stereocenters. The minimum Gasteiger partial charge on any atom is -0.350 e. The number of nitrogens with one attached hydrogen (secondary N) is 1. The minimum atomic E-state index is -3.69. The maximum atomic E-state index is 12.9. The van der Waals surface area contributed by atoms with Crippen LogP contribution in [0.25, 0.3) is 0 Å². The van der Waals surface area contributed by atoms with Gasteiger partial charge in [-0.25, -0.2) is 8.42 Å². The van der Waals surface area contributed by atoms with Gasteiger partial charge in [0.1, 0.15) is 6.04 Å². The van der Waals surface area contributed by atoms with E-state index in [4.69, 9.17) is 11.6 Å². The normalized spacial score (nSPS) is 12.5. The van der Waals surface area contributed by atoms with Crippen LogP contribution in [0, 0.1) is 13.8 Å². The van der Waals surface area contributed by atoms with Crippen molar-refractivity contribution in [2.24, 2.45) is 0 Å². The van der Waals surface area contributed by atoms with Crippen molar-refractivity contribution in [3.05, 3.63) is 64.2 Å². The summed E-state index contributed by atoms with van der Waals surface area (Å²) >= 11 is 6.08. The zero-order valence-corrected chi connectivity index (χ0v) is 17.6. The second kappa shape index (κ2) is 8.76. The molecule has 0 heterocycles. The standard InChI is InChI=1S/C20H25ClN2O3S/c1-5-18(20(24)22-13-16-9-7-6-8-14(16)2)23(27(4,25)26)19-12-17(21)11-10-15(19)3/h6-12,18H,5,13H2,1-4H3,(H,22,24)/t18-/m1/s1. The Labute approximate surface area is 166 Å². The van der Waals surface area contributed by atoms with Crippen molar-refractivity contribution in [2.45, 2.75) is 39.8 Å². The fourth-order valence-electron chi connectivity index (χ4n) is 2.96. The molecule has 0 aromatic heterocycles. The lowest BCUT2D eigenvalue weighted by molar-refractivity contribution is -0.122. The van der Waals surface area contributed by atoms with Crippen LogP contribution < -0.4 is 9.62 Å². The van der Waals surface area contributed by atoms with Gasteiger partial charge in [0.15, 0.2) is 0 Å².